The van der Waals surface area contributed by atoms with E-state index >= 15 is 0 Å². The molecule has 0 saturated heterocycles. The maximum atomic E-state index is 13.5. The summed E-state index contributed by atoms with van der Waals surface area (Å²) in [5.74, 6) is -1.41. The van der Waals surface area contributed by atoms with Gasteiger partial charge in [-0.15, -0.1) is 0 Å². The van der Waals surface area contributed by atoms with Crippen molar-refractivity contribution in [1.82, 2.24) is 0 Å². The second-order valence-electron chi connectivity index (χ2n) is 7.05. The number of esters is 1. The van der Waals surface area contributed by atoms with Crippen molar-refractivity contribution in [1.29, 1.82) is 5.26 Å². The molecule has 2 amide bonds. The first kappa shape index (κ1) is 20.8. The standard InChI is InChI=1S/C26H18N2O4/c1-2-32-26(31)19-10-12-20(13-11-19)28-24(29)22-9-4-3-8-21(22)23(25(28)30)15-17-6-5-7-18(14-17)16-27/h3-15H,2H2,1H3/b23-15-. The van der Waals surface area contributed by atoms with Crippen LogP contribution in [0, 0.1) is 11.3 Å². The molecule has 3 aromatic carbocycles. The third-order valence-electron chi connectivity index (χ3n) is 5.05. The van der Waals surface area contributed by atoms with Gasteiger partial charge in [0.05, 0.1) is 29.5 Å². The van der Waals surface area contributed by atoms with Gasteiger partial charge in [-0.25, -0.2) is 9.69 Å². The molecule has 3 aromatic rings. The van der Waals surface area contributed by atoms with Crippen LogP contribution in [0.5, 0.6) is 0 Å². The Kier molecular flexibility index (Phi) is 5.65. The molecule has 0 fully saturated rings. The number of ether oxygens (including phenoxy) is 1. The number of fused-ring (bicyclic) bond motifs is 1. The van der Waals surface area contributed by atoms with Crippen molar-refractivity contribution in [3.63, 3.8) is 0 Å². The van der Waals surface area contributed by atoms with E-state index < -0.39 is 17.8 Å². The molecule has 1 aliphatic heterocycles. The zero-order valence-electron chi connectivity index (χ0n) is 17.2. The van der Waals surface area contributed by atoms with Gasteiger partial charge in [-0.05, 0) is 66.6 Å². The summed E-state index contributed by atoms with van der Waals surface area (Å²) in [5.41, 5.74) is 3.09. The fourth-order valence-corrected chi connectivity index (χ4v) is 3.55. The van der Waals surface area contributed by atoms with Crippen molar-refractivity contribution in [2.75, 3.05) is 11.5 Å². The first-order valence-electron chi connectivity index (χ1n) is 10.0. The van der Waals surface area contributed by atoms with Crippen molar-refractivity contribution >= 4 is 35.1 Å². The largest absolute Gasteiger partial charge is 0.462 e. The molecule has 32 heavy (non-hydrogen) atoms. The maximum Gasteiger partial charge on any atom is 0.338 e. The van der Waals surface area contributed by atoms with Crippen molar-refractivity contribution < 1.29 is 19.1 Å². The van der Waals surface area contributed by atoms with Gasteiger partial charge in [-0.1, -0.05) is 30.3 Å². The highest BCUT2D eigenvalue weighted by molar-refractivity contribution is 6.43. The number of carbonyl (C=O) groups is 3. The van der Waals surface area contributed by atoms with Crippen LogP contribution in [0.15, 0.2) is 72.8 Å². The SMILES string of the molecule is CCOC(=O)c1ccc(N2C(=O)/C(=C\c3cccc(C#N)c3)c3ccccc3C2=O)cc1. The smallest absolute Gasteiger partial charge is 0.338 e. The Bertz CT molecular complexity index is 1300. The lowest BCUT2D eigenvalue weighted by Crippen LogP contribution is -2.41. The van der Waals surface area contributed by atoms with Gasteiger partial charge in [0.15, 0.2) is 0 Å². The molecular weight excluding hydrogens is 404 g/mol. The molecular formula is C26H18N2O4. The first-order valence-corrected chi connectivity index (χ1v) is 10.0. The van der Waals surface area contributed by atoms with Crippen LogP contribution in [0.25, 0.3) is 11.6 Å². The maximum absolute atomic E-state index is 13.5. The van der Waals surface area contributed by atoms with Crippen LogP contribution in [0.2, 0.25) is 0 Å². The summed E-state index contributed by atoms with van der Waals surface area (Å²) in [4.78, 5) is 39.7. The molecule has 0 saturated carbocycles. The molecule has 6 heteroatoms. The molecule has 1 heterocycles. The Hall–Kier alpha value is -4.50. The lowest BCUT2D eigenvalue weighted by Gasteiger charge is -2.28. The second kappa shape index (κ2) is 8.70. The van der Waals surface area contributed by atoms with Crippen molar-refractivity contribution in [2.24, 2.45) is 0 Å². The summed E-state index contributed by atoms with van der Waals surface area (Å²) >= 11 is 0. The molecule has 0 aromatic heterocycles. The molecule has 6 nitrogen and oxygen atoms in total. The third-order valence-corrected chi connectivity index (χ3v) is 5.05. The molecule has 0 spiro atoms. The number of benzene rings is 3. The minimum atomic E-state index is -0.486. The highest BCUT2D eigenvalue weighted by Gasteiger charge is 2.35. The Balaban J connectivity index is 1.80. The number of nitrogens with zero attached hydrogens (tertiary/aromatic N) is 2. The number of nitriles is 1. The normalized spacial score (nSPS) is 14.1. The molecule has 0 N–H and O–H groups in total. The average Bonchev–Trinajstić information content (AvgIpc) is 2.82. The van der Waals surface area contributed by atoms with Crippen LogP contribution in [0.3, 0.4) is 0 Å². The lowest BCUT2D eigenvalue weighted by atomic mass is 9.91. The first-order chi connectivity index (χ1) is 15.5. The zero-order chi connectivity index (χ0) is 22.7. The van der Waals surface area contributed by atoms with Crippen molar-refractivity contribution in [2.45, 2.75) is 6.92 Å². The molecule has 0 unspecified atom stereocenters. The van der Waals surface area contributed by atoms with Gasteiger partial charge in [-0.3, -0.25) is 9.59 Å². The number of hydrogen-bond donors (Lipinski definition) is 0. The highest BCUT2D eigenvalue weighted by atomic mass is 16.5. The molecule has 1 aliphatic rings. The van der Waals surface area contributed by atoms with E-state index in [0.717, 1.165) is 4.90 Å². The number of carbonyl (C=O) groups excluding carboxylic acids is 3. The molecule has 156 valence electrons. The molecule has 0 atom stereocenters. The predicted molar refractivity (Wildman–Crippen MR) is 120 cm³/mol. The summed E-state index contributed by atoms with van der Waals surface area (Å²) in [6.07, 6.45) is 1.68. The van der Waals surface area contributed by atoms with Crippen LogP contribution in [0.1, 0.15) is 44.3 Å². The van der Waals surface area contributed by atoms with Gasteiger partial charge < -0.3 is 4.74 Å². The van der Waals surface area contributed by atoms with Gasteiger partial charge in [0.25, 0.3) is 11.8 Å². The Morgan fingerprint density at radius 3 is 2.38 bits per heavy atom. The molecule has 4 rings (SSSR count). The topological polar surface area (TPSA) is 87.5 Å². The average molecular weight is 422 g/mol. The van der Waals surface area contributed by atoms with Crippen LogP contribution >= 0.6 is 0 Å². The van der Waals surface area contributed by atoms with Crippen LogP contribution in [-0.4, -0.2) is 24.4 Å². The minimum Gasteiger partial charge on any atom is -0.462 e. The van der Waals surface area contributed by atoms with E-state index in [-0.39, 0.29) is 6.61 Å². The van der Waals surface area contributed by atoms with Crippen LogP contribution < -0.4 is 4.90 Å². The van der Waals surface area contributed by atoms with Crippen LogP contribution in [0.4, 0.5) is 5.69 Å². The summed E-state index contributed by atoms with van der Waals surface area (Å²) in [6, 6.07) is 22.0. The third kappa shape index (κ3) is 3.80. The van der Waals surface area contributed by atoms with Gasteiger partial charge in [0, 0.05) is 11.1 Å². The highest BCUT2D eigenvalue weighted by Crippen LogP contribution is 2.33. The number of hydrogen-bond acceptors (Lipinski definition) is 5. The Labute approximate surface area is 185 Å². The van der Waals surface area contributed by atoms with Gasteiger partial charge in [0.2, 0.25) is 0 Å². The summed E-state index contributed by atoms with van der Waals surface area (Å²) in [7, 11) is 0. The van der Waals surface area contributed by atoms with Crippen LogP contribution in [-0.2, 0) is 9.53 Å². The van der Waals surface area contributed by atoms with E-state index in [1.807, 2.05) is 0 Å². The minimum absolute atomic E-state index is 0.252. The fraction of sp³-hybridized carbons (Fsp3) is 0.0769. The Morgan fingerprint density at radius 2 is 1.69 bits per heavy atom. The summed E-state index contributed by atoms with van der Waals surface area (Å²) in [5, 5.41) is 9.17. The van der Waals surface area contributed by atoms with Crippen molar-refractivity contribution in [3.8, 4) is 6.07 Å². The quantitative estimate of drug-likeness (QED) is 0.352. The van der Waals surface area contributed by atoms with E-state index in [9.17, 15) is 19.6 Å². The number of anilines is 1. The zero-order valence-corrected chi connectivity index (χ0v) is 17.2. The number of amides is 2. The summed E-state index contributed by atoms with van der Waals surface area (Å²) in [6.45, 7) is 1.97. The van der Waals surface area contributed by atoms with E-state index in [1.54, 1.807) is 73.7 Å². The fourth-order valence-electron chi connectivity index (χ4n) is 3.55. The number of imide groups is 1. The molecule has 0 bridgehead atoms. The Morgan fingerprint density at radius 1 is 0.969 bits per heavy atom. The number of rotatable bonds is 4. The predicted octanol–water partition coefficient (Wildman–Crippen LogP) is 4.46. The summed E-state index contributed by atoms with van der Waals surface area (Å²) < 4.78 is 4.99. The monoisotopic (exact) mass is 422 g/mol. The second-order valence-corrected chi connectivity index (χ2v) is 7.05. The van der Waals surface area contributed by atoms with Gasteiger partial charge in [0.1, 0.15) is 0 Å². The van der Waals surface area contributed by atoms with E-state index in [2.05, 4.69) is 6.07 Å². The van der Waals surface area contributed by atoms with E-state index in [4.69, 9.17) is 4.74 Å². The molecule has 0 radical (unpaired) electrons. The van der Waals surface area contributed by atoms with Gasteiger partial charge >= 0.3 is 5.97 Å². The van der Waals surface area contributed by atoms with Crippen molar-refractivity contribution in [3.05, 3.63) is 101 Å². The van der Waals surface area contributed by atoms with E-state index in [1.165, 1.54) is 12.1 Å². The van der Waals surface area contributed by atoms with E-state index in [0.29, 0.717) is 39.1 Å². The lowest BCUT2D eigenvalue weighted by molar-refractivity contribution is -0.112. The van der Waals surface area contributed by atoms with Gasteiger partial charge in [-0.2, -0.15) is 5.26 Å². The molecule has 0 aliphatic carbocycles.